The van der Waals surface area contributed by atoms with Crippen LogP contribution in [0.2, 0.25) is 0 Å². The number of rotatable bonds is 8. The Kier molecular flexibility index (Phi) is 7.45. The van der Waals surface area contributed by atoms with Crippen molar-refractivity contribution in [3.8, 4) is 5.75 Å². The number of thiazole rings is 1. The van der Waals surface area contributed by atoms with Gasteiger partial charge in [-0.1, -0.05) is 27.3 Å². The lowest BCUT2D eigenvalue weighted by atomic mass is 10.3. The maximum absolute atomic E-state index is 12.5. The third-order valence-electron chi connectivity index (χ3n) is 4.39. The fourth-order valence-electron chi connectivity index (χ4n) is 2.82. The van der Waals surface area contributed by atoms with Crippen molar-refractivity contribution in [3.05, 3.63) is 51.7 Å². The summed E-state index contributed by atoms with van der Waals surface area (Å²) in [7, 11) is -0.475. The van der Waals surface area contributed by atoms with Crippen molar-refractivity contribution in [2.75, 3.05) is 26.6 Å². The summed E-state index contributed by atoms with van der Waals surface area (Å²) >= 11 is 4.83. The highest BCUT2D eigenvalue weighted by Gasteiger charge is 2.17. The Morgan fingerprint density at radius 1 is 1.17 bits per heavy atom. The Morgan fingerprint density at radius 2 is 1.90 bits per heavy atom. The third-order valence-corrected chi connectivity index (χ3v) is 7.65. The molecule has 1 amide bonds. The molecule has 0 aliphatic carbocycles. The average molecular weight is 513 g/mol. The minimum Gasteiger partial charge on any atom is -0.497 e. The van der Waals surface area contributed by atoms with Crippen molar-refractivity contribution in [1.82, 2.24) is 4.57 Å². The standard InChI is InChI=1S/C20H21BrN2O5S2/c1-27-11-10-23-17-8-3-14(21)13-18(17)29-20(23)22-19(24)9-12-30(25,26)16-6-4-15(28-2)5-7-16/h3-8,13H,9-12H2,1-2H3. The van der Waals surface area contributed by atoms with Crippen LogP contribution in [0, 0.1) is 0 Å². The van der Waals surface area contributed by atoms with Gasteiger partial charge in [-0.05, 0) is 42.5 Å². The summed E-state index contributed by atoms with van der Waals surface area (Å²) in [5.74, 6) is -0.225. The molecule has 0 aliphatic heterocycles. The highest BCUT2D eigenvalue weighted by Crippen LogP contribution is 2.22. The molecule has 0 unspecified atom stereocenters. The molecule has 0 radical (unpaired) electrons. The molecular formula is C20H21BrN2O5S2. The van der Waals surface area contributed by atoms with E-state index in [-0.39, 0.29) is 17.1 Å². The predicted molar refractivity (Wildman–Crippen MR) is 120 cm³/mol. The molecule has 0 atom stereocenters. The molecule has 0 saturated heterocycles. The molecule has 3 aromatic rings. The summed E-state index contributed by atoms with van der Waals surface area (Å²) in [6.07, 6.45) is -0.198. The number of ether oxygens (including phenoxy) is 2. The largest absolute Gasteiger partial charge is 0.497 e. The van der Waals surface area contributed by atoms with Gasteiger partial charge in [0, 0.05) is 24.5 Å². The normalized spacial score (nSPS) is 12.4. The number of carbonyl (C=O) groups is 1. The zero-order valence-corrected chi connectivity index (χ0v) is 19.7. The first-order chi connectivity index (χ1) is 14.3. The summed E-state index contributed by atoms with van der Waals surface area (Å²) in [5, 5.41) is 0. The molecular weight excluding hydrogens is 492 g/mol. The highest BCUT2D eigenvalue weighted by atomic mass is 79.9. The number of hydrogen-bond acceptors (Lipinski definition) is 6. The monoisotopic (exact) mass is 512 g/mol. The lowest BCUT2D eigenvalue weighted by Crippen LogP contribution is -2.20. The van der Waals surface area contributed by atoms with Crippen LogP contribution in [0.4, 0.5) is 0 Å². The lowest BCUT2D eigenvalue weighted by molar-refractivity contribution is -0.117. The fraction of sp³-hybridized carbons (Fsp3) is 0.300. The number of carbonyl (C=O) groups excluding carboxylic acids is 1. The molecule has 0 spiro atoms. The maximum atomic E-state index is 12.5. The van der Waals surface area contributed by atoms with E-state index in [0.717, 1.165) is 14.7 Å². The Labute approximate surface area is 187 Å². The number of hydrogen-bond donors (Lipinski definition) is 0. The first-order valence-electron chi connectivity index (χ1n) is 9.06. The lowest BCUT2D eigenvalue weighted by Gasteiger charge is -2.05. The van der Waals surface area contributed by atoms with Crippen molar-refractivity contribution in [2.24, 2.45) is 4.99 Å². The van der Waals surface area contributed by atoms with E-state index in [4.69, 9.17) is 9.47 Å². The molecule has 30 heavy (non-hydrogen) atoms. The summed E-state index contributed by atoms with van der Waals surface area (Å²) in [6.45, 7) is 1.00. The van der Waals surface area contributed by atoms with Gasteiger partial charge in [0.1, 0.15) is 5.75 Å². The van der Waals surface area contributed by atoms with Gasteiger partial charge in [-0.2, -0.15) is 4.99 Å². The zero-order valence-electron chi connectivity index (χ0n) is 16.5. The molecule has 3 rings (SSSR count). The Bertz CT molecular complexity index is 1210. The second kappa shape index (κ2) is 9.86. The second-order valence-electron chi connectivity index (χ2n) is 6.39. The Balaban J connectivity index is 1.82. The first-order valence-corrected chi connectivity index (χ1v) is 12.3. The van der Waals surface area contributed by atoms with E-state index in [1.807, 2.05) is 22.8 Å². The molecule has 2 aromatic carbocycles. The van der Waals surface area contributed by atoms with Crippen LogP contribution >= 0.6 is 27.3 Å². The van der Waals surface area contributed by atoms with Gasteiger partial charge in [0.25, 0.3) is 0 Å². The first kappa shape index (κ1) is 22.7. The summed E-state index contributed by atoms with van der Waals surface area (Å²) in [6, 6.07) is 11.9. The van der Waals surface area contributed by atoms with Crippen LogP contribution in [0.3, 0.4) is 0 Å². The summed E-state index contributed by atoms with van der Waals surface area (Å²) in [5.41, 5.74) is 0.942. The van der Waals surface area contributed by atoms with E-state index < -0.39 is 15.7 Å². The van der Waals surface area contributed by atoms with E-state index in [9.17, 15) is 13.2 Å². The molecule has 0 N–H and O–H groups in total. The van der Waals surface area contributed by atoms with E-state index in [1.54, 1.807) is 19.2 Å². The van der Waals surface area contributed by atoms with Crippen LogP contribution in [0.25, 0.3) is 10.2 Å². The van der Waals surface area contributed by atoms with E-state index in [1.165, 1.54) is 30.6 Å². The van der Waals surface area contributed by atoms with Gasteiger partial charge < -0.3 is 14.0 Å². The third kappa shape index (κ3) is 5.37. The van der Waals surface area contributed by atoms with Crippen LogP contribution in [0.15, 0.2) is 56.8 Å². The van der Waals surface area contributed by atoms with Crippen LogP contribution < -0.4 is 9.54 Å². The number of halogens is 1. The quantitative estimate of drug-likeness (QED) is 0.461. The van der Waals surface area contributed by atoms with Gasteiger partial charge in [0.15, 0.2) is 14.6 Å². The number of fused-ring (bicyclic) bond motifs is 1. The number of amides is 1. The number of methoxy groups -OCH3 is 2. The molecule has 160 valence electrons. The average Bonchev–Trinajstić information content (AvgIpc) is 3.06. The minimum atomic E-state index is -3.59. The number of sulfone groups is 1. The molecule has 1 aromatic heterocycles. The topological polar surface area (TPSA) is 87.0 Å². The van der Waals surface area contributed by atoms with Gasteiger partial charge in [0.05, 0.1) is 34.6 Å². The van der Waals surface area contributed by atoms with Crippen molar-refractivity contribution in [2.45, 2.75) is 17.9 Å². The smallest absolute Gasteiger partial charge is 0.249 e. The van der Waals surface area contributed by atoms with Gasteiger partial charge in [-0.3, -0.25) is 4.79 Å². The Hall–Kier alpha value is -2.01. The van der Waals surface area contributed by atoms with E-state index >= 15 is 0 Å². The van der Waals surface area contributed by atoms with Gasteiger partial charge in [-0.25, -0.2) is 8.42 Å². The van der Waals surface area contributed by atoms with Crippen LogP contribution in [-0.2, 0) is 25.9 Å². The SMILES string of the molecule is COCCn1c(=NC(=O)CCS(=O)(=O)c2ccc(OC)cc2)sc2cc(Br)ccc21. The number of nitrogens with zero attached hydrogens (tertiary/aromatic N) is 2. The van der Waals surface area contributed by atoms with E-state index in [0.29, 0.717) is 23.7 Å². The van der Waals surface area contributed by atoms with Gasteiger partial charge in [0.2, 0.25) is 5.91 Å². The van der Waals surface area contributed by atoms with Crippen LogP contribution in [0.5, 0.6) is 5.75 Å². The summed E-state index contributed by atoms with van der Waals surface area (Å²) in [4.78, 5) is 17.3. The predicted octanol–water partition coefficient (Wildman–Crippen LogP) is 3.41. The second-order valence-corrected chi connectivity index (χ2v) is 10.4. The molecule has 0 bridgehead atoms. The molecule has 0 aliphatic rings. The van der Waals surface area contributed by atoms with Crippen molar-refractivity contribution < 1.29 is 22.7 Å². The minimum absolute atomic E-state index is 0.151. The van der Waals surface area contributed by atoms with Gasteiger partial charge >= 0.3 is 0 Å². The van der Waals surface area contributed by atoms with Crippen molar-refractivity contribution >= 4 is 53.2 Å². The number of benzene rings is 2. The summed E-state index contributed by atoms with van der Waals surface area (Å²) < 4.78 is 39.0. The van der Waals surface area contributed by atoms with Crippen molar-refractivity contribution in [3.63, 3.8) is 0 Å². The van der Waals surface area contributed by atoms with Gasteiger partial charge in [-0.15, -0.1) is 0 Å². The van der Waals surface area contributed by atoms with Crippen LogP contribution in [-0.4, -0.2) is 45.5 Å². The molecule has 0 saturated carbocycles. The van der Waals surface area contributed by atoms with Crippen molar-refractivity contribution in [1.29, 1.82) is 0 Å². The van der Waals surface area contributed by atoms with Crippen LogP contribution in [0.1, 0.15) is 6.42 Å². The maximum Gasteiger partial charge on any atom is 0.249 e. The Morgan fingerprint density at radius 3 is 2.57 bits per heavy atom. The molecule has 7 nitrogen and oxygen atoms in total. The molecule has 1 heterocycles. The molecule has 10 heteroatoms. The molecule has 0 fully saturated rings. The van der Waals surface area contributed by atoms with E-state index in [2.05, 4.69) is 20.9 Å². The number of aromatic nitrogens is 1. The zero-order chi connectivity index (χ0) is 21.7. The fourth-order valence-corrected chi connectivity index (χ4v) is 5.67. The highest BCUT2D eigenvalue weighted by molar-refractivity contribution is 9.10.